The van der Waals surface area contributed by atoms with Gasteiger partial charge in [-0.25, -0.2) is 8.42 Å². The minimum absolute atomic E-state index is 0.0179. The van der Waals surface area contributed by atoms with Gasteiger partial charge in [-0.15, -0.1) is 6.42 Å². The molecule has 2 aromatic carbocycles. The molecule has 0 aliphatic heterocycles. The molecule has 29 heavy (non-hydrogen) atoms. The van der Waals surface area contributed by atoms with E-state index in [1.54, 1.807) is 25.1 Å². The Morgan fingerprint density at radius 2 is 1.83 bits per heavy atom. The molecule has 0 radical (unpaired) electrons. The minimum atomic E-state index is -3.76. The monoisotopic (exact) mass is 422 g/mol. The molecule has 0 spiro atoms. The van der Waals surface area contributed by atoms with Crippen molar-refractivity contribution in [1.29, 1.82) is 0 Å². The fourth-order valence-electron chi connectivity index (χ4n) is 2.62. The topological polar surface area (TPSA) is 84.5 Å². The predicted octanol–water partition coefficient (Wildman–Crippen LogP) is 3.08. The lowest BCUT2D eigenvalue weighted by molar-refractivity contribution is -0.0506. The lowest BCUT2D eigenvalue weighted by atomic mass is 10.0. The first-order chi connectivity index (χ1) is 13.8. The summed E-state index contributed by atoms with van der Waals surface area (Å²) in [6.07, 6.45) is 5.47. The van der Waals surface area contributed by atoms with Gasteiger partial charge in [-0.05, 0) is 36.8 Å². The van der Waals surface area contributed by atoms with Crippen molar-refractivity contribution in [3.8, 4) is 18.1 Å². The molecule has 1 atom stereocenters. The summed E-state index contributed by atoms with van der Waals surface area (Å²) in [5.41, 5.74) is 0.632. The van der Waals surface area contributed by atoms with Crippen molar-refractivity contribution in [3.63, 3.8) is 0 Å². The largest absolute Gasteiger partial charge is 0.434 e. The number of hydrogen-bond donors (Lipinski definition) is 2. The summed E-state index contributed by atoms with van der Waals surface area (Å²) in [6.45, 7) is -1.35. The molecule has 0 heterocycles. The second kappa shape index (κ2) is 10.0. The summed E-state index contributed by atoms with van der Waals surface area (Å²) in [6, 6.07) is 10.9. The van der Waals surface area contributed by atoms with Crippen LogP contribution < -0.4 is 14.8 Å². The van der Waals surface area contributed by atoms with Crippen molar-refractivity contribution in [1.82, 2.24) is 10.0 Å². The summed E-state index contributed by atoms with van der Waals surface area (Å²) in [5, 5.41) is 2.75. The number of carbonyl (C=O) groups is 1. The molecule has 2 rings (SSSR count). The minimum Gasteiger partial charge on any atom is -0.434 e. The number of carbonyl (C=O) groups excluding carboxylic acids is 1. The summed E-state index contributed by atoms with van der Waals surface area (Å²) in [5.74, 6) is 1.67. The molecular weight excluding hydrogens is 402 g/mol. The van der Waals surface area contributed by atoms with E-state index in [1.807, 2.05) is 0 Å². The fraction of sp³-hybridized carbons (Fsp3) is 0.250. The lowest BCUT2D eigenvalue weighted by Gasteiger charge is -2.20. The molecule has 1 unspecified atom stereocenters. The van der Waals surface area contributed by atoms with Crippen LogP contribution in [0.4, 0.5) is 8.78 Å². The third-order valence-electron chi connectivity index (χ3n) is 4.02. The Labute approximate surface area is 168 Å². The zero-order valence-electron chi connectivity index (χ0n) is 15.6. The van der Waals surface area contributed by atoms with E-state index in [-0.39, 0.29) is 22.8 Å². The van der Waals surface area contributed by atoms with Crippen molar-refractivity contribution in [2.75, 3.05) is 6.54 Å². The van der Waals surface area contributed by atoms with Crippen LogP contribution in [0.1, 0.15) is 35.3 Å². The summed E-state index contributed by atoms with van der Waals surface area (Å²) in [7, 11) is -3.76. The Kier molecular flexibility index (Phi) is 7.70. The zero-order valence-corrected chi connectivity index (χ0v) is 16.4. The normalized spacial score (nSPS) is 12.2. The van der Waals surface area contributed by atoms with Crippen LogP contribution in [0.25, 0.3) is 0 Å². The van der Waals surface area contributed by atoms with Gasteiger partial charge < -0.3 is 10.1 Å². The molecule has 0 fully saturated rings. The highest BCUT2D eigenvalue weighted by atomic mass is 32.2. The number of rotatable bonds is 9. The van der Waals surface area contributed by atoms with Crippen LogP contribution in [-0.2, 0) is 10.0 Å². The van der Waals surface area contributed by atoms with Gasteiger partial charge in [0, 0.05) is 11.1 Å². The Balaban J connectivity index is 2.18. The van der Waals surface area contributed by atoms with Crippen LogP contribution in [0.2, 0.25) is 0 Å². The van der Waals surface area contributed by atoms with Crippen LogP contribution >= 0.6 is 0 Å². The van der Waals surface area contributed by atoms with Gasteiger partial charge in [-0.3, -0.25) is 4.79 Å². The third-order valence-corrected chi connectivity index (χ3v) is 5.43. The molecule has 2 aromatic rings. The van der Waals surface area contributed by atoms with Crippen molar-refractivity contribution in [2.24, 2.45) is 0 Å². The van der Waals surface area contributed by atoms with Gasteiger partial charge in [0.05, 0.1) is 17.5 Å². The van der Waals surface area contributed by atoms with Crippen molar-refractivity contribution in [2.45, 2.75) is 30.9 Å². The van der Waals surface area contributed by atoms with E-state index in [2.05, 4.69) is 20.7 Å². The number of benzene rings is 2. The first kappa shape index (κ1) is 22.3. The molecule has 0 saturated carbocycles. The maximum atomic E-state index is 12.6. The fourth-order valence-corrected chi connectivity index (χ4v) is 3.55. The summed E-state index contributed by atoms with van der Waals surface area (Å²) in [4.78, 5) is 12.5. The molecule has 2 N–H and O–H groups in total. The van der Waals surface area contributed by atoms with Gasteiger partial charge in [-0.2, -0.15) is 13.5 Å². The molecule has 1 amide bonds. The highest BCUT2D eigenvalue weighted by Crippen LogP contribution is 2.28. The summed E-state index contributed by atoms with van der Waals surface area (Å²) >= 11 is 0. The van der Waals surface area contributed by atoms with Crippen LogP contribution in [0, 0.1) is 12.3 Å². The molecular formula is C20H20F2N2O4S. The van der Waals surface area contributed by atoms with Gasteiger partial charge in [0.25, 0.3) is 5.91 Å². The highest BCUT2D eigenvalue weighted by Gasteiger charge is 2.20. The zero-order chi connectivity index (χ0) is 21.4. The molecule has 0 aliphatic carbocycles. The Morgan fingerprint density at radius 1 is 1.17 bits per heavy atom. The first-order valence-corrected chi connectivity index (χ1v) is 10.1. The second-order valence-corrected chi connectivity index (χ2v) is 7.67. The number of nitrogens with one attached hydrogen (secondary N) is 2. The lowest BCUT2D eigenvalue weighted by Crippen LogP contribution is -2.29. The van der Waals surface area contributed by atoms with Gasteiger partial charge in [0.15, 0.2) is 0 Å². The van der Waals surface area contributed by atoms with E-state index in [9.17, 15) is 22.0 Å². The molecule has 0 bridgehead atoms. The molecule has 0 aromatic heterocycles. The molecule has 0 saturated heterocycles. The van der Waals surface area contributed by atoms with Crippen LogP contribution in [0.15, 0.2) is 53.4 Å². The van der Waals surface area contributed by atoms with E-state index in [1.165, 1.54) is 30.3 Å². The Bertz CT molecular complexity index is 986. The number of amides is 1. The van der Waals surface area contributed by atoms with Crippen molar-refractivity contribution < 1.29 is 26.7 Å². The predicted molar refractivity (Wildman–Crippen MR) is 104 cm³/mol. The van der Waals surface area contributed by atoms with Gasteiger partial charge in [0.1, 0.15) is 5.75 Å². The smallest absolute Gasteiger partial charge is 0.387 e. The number of para-hydroxylation sites is 1. The number of alkyl halides is 2. The standard InChI is InChI=1S/C20H20F2N2O4S/c1-3-13-23-29(26,27)15-11-9-14(10-12-15)19(25)24-17(4-2)16-7-5-6-8-18(16)28-20(21)22/h1,5-12,17,20,23H,4,13H2,2H3,(H,24,25). The molecule has 6 nitrogen and oxygen atoms in total. The van der Waals surface area contributed by atoms with Gasteiger partial charge in [-0.1, -0.05) is 31.0 Å². The first-order valence-electron chi connectivity index (χ1n) is 8.66. The maximum absolute atomic E-state index is 12.6. The number of sulfonamides is 1. The van der Waals surface area contributed by atoms with Gasteiger partial charge >= 0.3 is 6.61 Å². The quantitative estimate of drug-likeness (QED) is 0.609. The molecule has 0 aliphatic rings. The Hall–Kier alpha value is -2.96. The van der Waals surface area contributed by atoms with Crippen LogP contribution in [-0.4, -0.2) is 27.5 Å². The van der Waals surface area contributed by atoms with Crippen LogP contribution in [0.3, 0.4) is 0 Å². The van der Waals surface area contributed by atoms with Crippen molar-refractivity contribution >= 4 is 15.9 Å². The maximum Gasteiger partial charge on any atom is 0.387 e. The summed E-state index contributed by atoms with van der Waals surface area (Å²) < 4.78 is 56.1. The average molecular weight is 422 g/mol. The Morgan fingerprint density at radius 3 is 2.41 bits per heavy atom. The number of halogens is 2. The SMILES string of the molecule is C#CCNS(=O)(=O)c1ccc(C(=O)NC(CC)c2ccccc2OC(F)F)cc1. The number of terminal acetylenes is 1. The molecule has 154 valence electrons. The molecule has 9 heteroatoms. The second-order valence-electron chi connectivity index (χ2n) is 5.90. The van der Waals surface area contributed by atoms with E-state index >= 15 is 0 Å². The van der Waals surface area contributed by atoms with E-state index in [0.717, 1.165) is 0 Å². The van der Waals surface area contributed by atoms with Gasteiger partial charge in [0.2, 0.25) is 10.0 Å². The average Bonchev–Trinajstić information content (AvgIpc) is 2.70. The van der Waals surface area contributed by atoms with E-state index in [4.69, 9.17) is 6.42 Å². The highest BCUT2D eigenvalue weighted by molar-refractivity contribution is 7.89. The van der Waals surface area contributed by atoms with Crippen LogP contribution in [0.5, 0.6) is 5.75 Å². The number of hydrogen-bond acceptors (Lipinski definition) is 4. The number of ether oxygens (including phenoxy) is 1. The van der Waals surface area contributed by atoms with E-state index < -0.39 is 28.6 Å². The van der Waals surface area contributed by atoms with Crippen molar-refractivity contribution in [3.05, 3.63) is 59.7 Å². The van der Waals surface area contributed by atoms with E-state index in [0.29, 0.717) is 12.0 Å². The third kappa shape index (κ3) is 6.01.